The minimum Gasteiger partial charge on any atom is -0.460 e. The smallest absolute Gasteiger partial charge is 0.368 e. The third-order valence-electron chi connectivity index (χ3n) is 2.02. The van der Waals surface area contributed by atoms with Gasteiger partial charge in [0.2, 0.25) is 5.17 Å². The zero-order chi connectivity index (χ0) is 12.8. The molecule has 1 atom stereocenters. The van der Waals surface area contributed by atoms with Crippen molar-refractivity contribution in [1.82, 2.24) is 0 Å². The maximum atomic E-state index is 11.4. The van der Waals surface area contributed by atoms with Crippen molar-refractivity contribution in [2.45, 2.75) is 40.2 Å². The molecule has 0 aromatic heterocycles. The lowest BCUT2D eigenvalue weighted by Gasteiger charge is -2.25. The van der Waals surface area contributed by atoms with E-state index >= 15 is 0 Å². The van der Waals surface area contributed by atoms with Crippen molar-refractivity contribution in [3.8, 4) is 0 Å². The molecule has 0 unspecified atom stereocenters. The Morgan fingerprint density at radius 3 is 2.38 bits per heavy atom. The SMILES string of the molecule is CCCOC(=O)C(Cl)=N[C@H](CCl)C(C)(C)C. The molecule has 0 amide bonds. The Kier molecular flexibility index (Phi) is 7.00. The van der Waals surface area contributed by atoms with Crippen LogP contribution in [0.15, 0.2) is 4.99 Å². The van der Waals surface area contributed by atoms with Crippen LogP contribution in [0.25, 0.3) is 0 Å². The highest BCUT2D eigenvalue weighted by molar-refractivity contribution is 6.82. The van der Waals surface area contributed by atoms with E-state index in [0.29, 0.717) is 12.5 Å². The second kappa shape index (κ2) is 7.13. The van der Waals surface area contributed by atoms with E-state index in [2.05, 4.69) is 4.99 Å². The van der Waals surface area contributed by atoms with Gasteiger partial charge in [0.15, 0.2) is 0 Å². The predicted molar refractivity (Wildman–Crippen MR) is 68.5 cm³/mol. The number of halogens is 2. The summed E-state index contributed by atoms with van der Waals surface area (Å²) < 4.78 is 4.87. The second-order valence-corrected chi connectivity index (χ2v) is 5.26. The normalized spacial score (nSPS) is 14.8. The fourth-order valence-electron chi connectivity index (χ4n) is 0.903. The van der Waals surface area contributed by atoms with Gasteiger partial charge in [0, 0.05) is 5.88 Å². The largest absolute Gasteiger partial charge is 0.460 e. The molecular weight excluding hydrogens is 249 g/mol. The molecule has 0 saturated carbocycles. The van der Waals surface area contributed by atoms with Gasteiger partial charge in [-0.2, -0.15) is 0 Å². The Balaban J connectivity index is 4.55. The van der Waals surface area contributed by atoms with E-state index in [1.54, 1.807) is 0 Å². The van der Waals surface area contributed by atoms with E-state index in [4.69, 9.17) is 27.9 Å². The number of carbonyl (C=O) groups excluding carboxylic acids is 1. The van der Waals surface area contributed by atoms with E-state index in [1.165, 1.54) is 0 Å². The van der Waals surface area contributed by atoms with Gasteiger partial charge in [0.1, 0.15) is 0 Å². The van der Waals surface area contributed by atoms with Gasteiger partial charge in [-0.25, -0.2) is 4.79 Å². The number of alkyl halides is 1. The lowest BCUT2D eigenvalue weighted by atomic mass is 9.88. The van der Waals surface area contributed by atoms with Crippen molar-refractivity contribution in [1.29, 1.82) is 0 Å². The predicted octanol–water partition coefficient (Wildman–Crippen LogP) is 3.23. The summed E-state index contributed by atoms with van der Waals surface area (Å²) in [7, 11) is 0. The molecule has 0 N–H and O–H groups in total. The highest BCUT2D eigenvalue weighted by atomic mass is 35.5. The Labute approximate surface area is 107 Å². The van der Waals surface area contributed by atoms with Crippen molar-refractivity contribution in [3.05, 3.63) is 0 Å². The zero-order valence-corrected chi connectivity index (χ0v) is 11.7. The lowest BCUT2D eigenvalue weighted by Crippen LogP contribution is -2.28. The number of esters is 1. The van der Waals surface area contributed by atoms with Crippen LogP contribution in [0.1, 0.15) is 34.1 Å². The van der Waals surface area contributed by atoms with Gasteiger partial charge in [0.05, 0.1) is 12.6 Å². The zero-order valence-electron chi connectivity index (χ0n) is 10.2. The van der Waals surface area contributed by atoms with Crippen molar-refractivity contribution in [2.24, 2.45) is 10.4 Å². The first kappa shape index (κ1) is 15.7. The van der Waals surface area contributed by atoms with Crippen LogP contribution in [-0.4, -0.2) is 29.7 Å². The molecule has 0 aromatic rings. The monoisotopic (exact) mass is 267 g/mol. The Morgan fingerprint density at radius 1 is 1.44 bits per heavy atom. The third-order valence-corrected chi connectivity index (χ3v) is 2.56. The molecule has 94 valence electrons. The molecule has 0 saturated heterocycles. The van der Waals surface area contributed by atoms with E-state index in [1.807, 2.05) is 27.7 Å². The summed E-state index contributed by atoms with van der Waals surface area (Å²) in [5.41, 5.74) is -0.132. The number of rotatable bonds is 5. The summed E-state index contributed by atoms with van der Waals surface area (Å²) in [4.78, 5) is 15.4. The van der Waals surface area contributed by atoms with Crippen LogP contribution in [0.4, 0.5) is 0 Å². The molecule has 0 aliphatic carbocycles. The first-order chi connectivity index (χ1) is 7.32. The molecule has 3 nitrogen and oxygen atoms in total. The molecule has 0 rings (SSSR count). The molecule has 0 bridgehead atoms. The molecule has 0 heterocycles. The van der Waals surface area contributed by atoms with Crippen LogP contribution in [0.5, 0.6) is 0 Å². The van der Waals surface area contributed by atoms with Crippen LogP contribution < -0.4 is 0 Å². The minimum atomic E-state index is -0.581. The number of hydrogen-bond donors (Lipinski definition) is 0. The Bertz CT molecular complexity index is 259. The molecule has 0 aliphatic rings. The molecule has 0 fully saturated rings. The van der Waals surface area contributed by atoms with Gasteiger partial charge in [-0.15, -0.1) is 11.6 Å². The maximum absolute atomic E-state index is 11.4. The molecule has 5 heteroatoms. The Morgan fingerprint density at radius 2 is 2.00 bits per heavy atom. The van der Waals surface area contributed by atoms with Crippen molar-refractivity contribution in [2.75, 3.05) is 12.5 Å². The summed E-state index contributed by atoms with van der Waals surface area (Å²) in [5.74, 6) is -0.260. The van der Waals surface area contributed by atoms with Gasteiger partial charge in [0.25, 0.3) is 0 Å². The summed E-state index contributed by atoms with van der Waals surface area (Å²) >= 11 is 11.6. The van der Waals surface area contributed by atoms with Gasteiger partial charge in [-0.3, -0.25) is 4.99 Å². The van der Waals surface area contributed by atoms with Gasteiger partial charge in [-0.05, 0) is 11.8 Å². The summed E-state index contributed by atoms with van der Waals surface area (Å²) in [6, 6.07) is -0.198. The van der Waals surface area contributed by atoms with E-state index in [9.17, 15) is 4.79 Å². The molecule has 0 aromatic carbocycles. The van der Waals surface area contributed by atoms with Crippen molar-refractivity contribution in [3.63, 3.8) is 0 Å². The van der Waals surface area contributed by atoms with Crippen molar-refractivity contribution >= 4 is 34.3 Å². The first-order valence-corrected chi connectivity index (χ1v) is 6.20. The maximum Gasteiger partial charge on any atom is 0.368 e. The fraction of sp³-hybridized carbons (Fsp3) is 0.818. The van der Waals surface area contributed by atoms with Gasteiger partial charge >= 0.3 is 5.97 Å². The highest BCUT2D eigenvalue weighted by Gasteiger charge is 2.25. The van der Waals surface area contributed by atoms with Crippen LogP contribution in [0.3, 0.4) is 0 Å². The Hall–Kier alpha value is -0.280. The molecule has 16 heavy (non-hydrogen) atoms. The number of nitrogens with zero attached hydrogens (tertiary/aromatic N) is 1. The topological polar surface area (TPSA) is 38.7 Å². The van der Waals surface area contributed by atoms with Gasteiger partial charge < -0.3 is 4.74 Å². The number of aliphatic imine (C=N–C) groups is 1. The minimum absolute atomic E-state index is 0.131. The number of carbonyl (C=O) groups is 1. The van der Waals surface area contributed by atoms with Crippen LogP contribution in [-0.2, 0) is 9.53 Å². The van der Waals surface area contributed by atoms with E-state index in [-0.39, 0.29) is 16.6 Å². The molecular formula is C11H19Cl2NO2. The van der Waals surface area contributed by atoms with Crippen LogP contribution in [0.2, 0.25) is 0 Å². The quantitative estimate of drug-likeness (QED) is 0.436. The summed E-state index contributed by atoms with van der Waals surface area (Å²) in [6.07, 6.45) is 0.758. The summed E-state index contributed by atoms with van der Waals surface area (Å²) in [5, 5.41) is -0.131. The highest BCUT2D eigenvalue weighted by Crippen LogP contribution is 2.23. The van der Waals surface area contributed by atoms with E-state index in [0.717, 1.165) is 6.42 Å². The number of ether oxygens (including phenoxy) is 1. The molecule has 0 spiro atoms. The fourth-order valence-corrected chi connectivity index (χ4v) is 1.61. The molecule has 0 radical (unpaired) electrons. The van der Waals surface area contributed by atoms with Crippen molar-refractivity contribution < 1.29 is 9.53 Å². The second-order valence-electron chi connectivity index (χ2n) is 4.59. The van der Waals surface area contributed by atoms with Crippen LogP contribution >= 0.6 is 23.2 Å². The standard InChI is InChI=1S/C11H19Cl2NO2/c1-5-6-16-10(15)9(13)14-8(7-12)11(2,3)4/h8H,5-7H2,1-4H3/t8-/m1/s1. The van der Waals surface area contributed by atoms with Crippen LogP contribution in [0, 0.1) is 5.41 Å². The average Bonchev–Trinajstić information content (AvgIpc) is 2.20. The average molecular weight is 268 g/mol. The number of hydrogen-bond acceptors (Lipinski definition) is 3. The van der Waals surface area contributed by atoms with E-state index < -0.39 is 5.97 Å². The van der Waals surface area contributed by atoms with Gasteiger partial charge in [-0.1, -0.05) is 39.3 Å². The summed E-state index contributed by atoms with van der Waals surface area (Å²) in [6.45, 7) is 8.24. The molecule has 0 aliphatic heterocycles. The first-order valence-electron chi connectivity index (χ1n) is 5.29. The lowest BCUT2D eigenvalue weighted by molar-refractivity contribution is -0.135. The third kappa shape index (κ3) is 5.71.